The van der Waals surface area contributed by atoms with Gasteiger partial charge in [0.05, 0.1) is 5.88 Å². The Morgan fingerprint density at radius 3 is 2.52 bits per heavy atom. The number of rotatable bonds is 3. The van der Waals surface area contributed by atoms with Crippen molar-refractivity contribution in [2.24, 2.45) is 0 Å². The molecule has 4 nitrogen and oxygen atoms in total. The van der Waals surface area contributed by atoms with Crippen LogP contribution in [0.3, 0.4) is 0 Å². The van der Waals surface area contributed by atoms with Crippen LogP contribution in [0.15, 0.2) is 46.9 Å². The first-order chi connectivity index (χ1) is 12.0. The topological polar surface area (TPSA) is 49.4 Å². The molecule has 0 spiro atoms. The number of nitrogens with zero attached hydrogens (tertiary/aromatic N) is 1. The van der Waals surface area contributed by atoms with Gasteiger partial charge in [-0.2, -0.15) is 0 Å². The van der Waals surface area contributed by atoms with Crippen molar-refractivity contribution in [2.75, 3.05) is 16.9 Å². The number of anilines is 1. The van der Waals surface area contributed by atoms with E-state index in [2.05, 4.69) is 21.2 Å². The van der Waals surface area contributed by atoms with Crippen molar-refractivity contribution in [2.45, 2.75) is 19.9 Å². The summed E-state index contributed by atoms with van der Waals surface area (Å²) in [6.07, 6.45) is 0. The zero-order valence-electron chi connectivity index (χ0n) is 14.1. The highest BCUT2D eigenvalue weighted by Gasteiger charge is 2.35. The summed E-state index contributed by atoms with van der Waals surface area (Å²) in [5, 5.41) is 2.94. The number of halogens is 1. The van der Waals surface area contributed by atoms with Crippen LogP contribution >= 0.6 is 27.7 Å². The largest absolute Gasteiger partial charge is 0.324 e. The first-order valence-corrected chi connectivity index (χ1v) is 9.93. The lowest BCUT2D eigenvalue weighted by atomic mass is 10.1. The van der Waals surface area contributed by atoms with Crippen LogP contribution in [0, 0.1) is 13.8 Å². The van der Waals surface area contributed by atoms with E-state index in [4.69, 9.17) is 0 Å². The molecule has 1 aliphatic heterocycles. The third kappa shape index (κ3) is 4.07. The van der Waals surface area contributed by atoms with Crippen LogP contribution < -0.4 is 5.32 Å². The van der Waals surface area contributed by atoms with Gasteiger partial charge in [-0.3, -0.25) is 9.59 Å². The van der Waals surface area contributed by atoms with Crippen LogP contribution in [0.4, 0.5) is 5.69 Å². The Morgan fingerprint density at radius 1 is 1.12 bits per heavy atom. The monoisotopic (exact) mass is 418 g/mol. The number of aryl methyl sites for hydroxylation is 2. The Morgan fingerprint density at radius 2 is 1.84 bits per heavy atom. The minimum atomic E-state index is -0.456. The third-order valence-corrected chi connectivity index (χ3v) is 5.85. The van der Waals surface area contributed by atoms with Gasteiger partial charge in [0.15, 0.2) is 0 Å². The SMILES string of the molecule is Cc1ccc(NC(=O)C2CSCN2C(=O)c2ccc(Br)cc2)cc1C. The first-order valence-electron chi connectivity index (χ1n) is 7.98. The van der Waals surface area contributed by atoms with Crippen LogP contribution in [0.2, 0.25) is 0 Å². The van der Waals surface area contributed by atoms with Crippen LogP contribution in [0.25, 0.3) is 0 Å². The molecule has 1 atom stereocenters. The second-order valence-corrected chi connectivity index (χ2v) is 8.00. The Balaban J connectivity index is 1.74. The van der Waals surface area contributed by atoms with E-state index >= 15 is 0 Å². The van der Waals surface area contributed by atoms with Crippen LogP contribution in [0.1, 0.15) is 21.5 Å². The van der Waals surface area contributed by atoms with Crippen LogP contribution in [-0.4, -0.2) is 34.4 Å². The Kier molecular flexibility index (Phi) is 5.49. The molecule has 0 aromatic heterocycles. The summed E-state index contributed by atoms with van der Waals surface area (Å²) >= 11 is 4.96. The lowest BCUT2D eigenvalue weighted by Crippen LogP contribution is -2.44. The van der Waals surface area contributed by atoms with Gasteiger partial charge in [0, 0.05) is 21.5 Å². The van der Waals surface area contributed by atoms with Crippen molar-refractivity contribution >= 4 is 45.2 Å². The van der Waals surface area contributed by atoms with E-state index in [1.54, 1.807) is 28.8 Å². The van der Waals surface area contributed by atoms with Crippen LogP contribution in [-0.2, 0) is 4.79 Å². The van der Waals surface area contributed by atoms with Gasteiger partial charge < -0.3 is 10.2 Å². The second-order valence-electron chi connectivity index (χ2n) is 6.09. The maximum absolute atomic E-state index is 12.7. The highest BCUT2D eigenvalue weighted by molar-refractivity contribution is 9.10. The summed E-state index contributed by atoms with van der Waals surface area (Å²) in [6, 6.07) is 12.6. The molecule has 0 bridgehead atoms. The fourth-order valence-electron chi connectivity index (χ4n) is 2.66. The summed E-state index contributed by atoms with van der Waals surface area (Å²) in [5.41, 5.74) is 3.67. The molecule has 6 heteroatoms. The molecule has 1 saturated heterocycles. The van der Waals surface area contributed by atoms with E-state index in [1.165, 1.54) is 5.56 Å². The quantitative estimate of drug-likeness (QED) is 0.811. The number of carbonyl (C=O) groups excluding carboxylic acids is 2. The average molecular weight is 419 g/mol. The number of amides is 2. The van der Waals surface area contributed by atoms with E-state index in [0.717, 1.165) is 15.7 Å². The van der Waals surface area contributed by atoms with E-state index < -0.39 is 6.04 Å². The summed E-state index contributed by atoms with van der Waals surface area (Å²) in [7, 11) is 0. The molecule has 0 saturated carbocycles. The van der Waals surface area contributed by atoms with Gasteiger partial charge in [0.25, 0.3) is 5.91 Å². The number of nitrogens with one attached hydrogen (secondary N) is 1. The molecule has 25 heavy (non-hydrogen) atoms. The molecule has 2 amide bonds. The van der Waals surface area contributed by atoms with Crippen molar-refractivity contribution in [1.82, 2.24) is 4.90 Å². The van der Waals surface area contributed by atoms with Crippen molar-refractivity contribution < 1.29 is 9.59 Å². The maximum Gasteiger partial charge on any atom is 0.255 e. The normalized spacial score (nSPS) is 16.8. The van der Waals surface area contributed by atoms with E-state index in [0.29, 0.717) is 17.2 Å². The zero-order valence-corrected chi connectivity index (χ0v) is 16.5. The van der Waals surface area contributed by atoms with Gasteiger partial charge in [-0.05, 0) is 61.4 Å². The number of hydrogen-bond acceptors (Lipinski definition) is 3. The number of thioether (sulfide) groups is 1. The van der Waals surface area contributed by atoms with Gasteiger partial charge in [-0.15, -0.1) is 11.8 Å². The Bertz CT molecular complexity index is 808. The van der Waals surface area contributed by atoms with Gasteiger partial charge in [-0.25, -0.2) is 0 Å². The first kappa shape index (κ1) is 18.0. The van der Waals surface area contributed by atoms with Gasteiger partial charge in [0.2, 0.25) is 5.91 Å². The Labute approximate surface area is 160 Å². The van der Waals surface area contributed by atoms with E-state index in [1.807, 2.05) is 44.2 Å². The minimum Gasteiger partial charge on any atom is -0.324 e. The van der Waals surface area contributed by atoms with Gasteiger partial charge in [-0.1, -0.05) is 22.0 Å². The number of carbonyl (C=O) groups is 2. The predicted octanol–water partition coefficient (Wildman–Crippen LogP) is 4.22. The predicted molar refractivity (Wildman–Crippen MR) is 106 cm³/mol. The molecule has 3 rings (SSSR count). The number of benzene rings is 2. The van der Waals surface area contributed by atoms with Crippen molar-refractivity contribution in [3.63, 3.8) is 0 Å². The molecule has 1 unspecified atom stereocenters. The molecule has 0 aliphatic carbocycles. The van der Waals surface area contributed by atoms with E-state index in [9.17, 15) is 9.59 Å². The second kappa shape index (κ2) is 7.62. The fraction of sp³-hybridized carbons (Fsp3) is 0.263. The molecular formula is C19H19BrN2O2S. The molecule has 1 N–H and O–H groups in total. The summed E-state index contributed by atoms with van der Waals surface area (Å²) in [5.74, 6) is 0.884. The molecule has 130 valence electrons. The highest BCUT2D eigenvalue weighted by Crippen LogP contribution is 2.25. The van der Waals surface area contributed by atoms with Gasteiger partial charge >= 0.3 is 0 Å². The van der Waals surface area contributed by atoms with Crippen LogP contribution in [0.5, 0.6) is 0 Å². The lowest BCUT2D eigenvalue weighted by Gasteiger charge is -2.23. The third-order valence-electron chi connectivity index (χ3n) is 4.31. The summed E-state index contributed by atoms with van der Waals surface area (Å²) < 4.78 is 0.920. The molecule has 2 aromatic rings. The molecule has 1 heterocycles. The molecule has 2 aromatic carbocycles. The molecule has 0 radical (unpaired) electrons. The molecular weight excluding hydrogens is 400 g/mol. The van der Waals surface area contributed by atoms with Crippen molar-refractivity contribution in [1.29, 1.82) is 0 Å². The zero-order chi connectivity index (χ0) is 18.0. The summed E-state index contributed by atoms with van der Waals surface area (Å²) in [4.78, 5) is 27.1. The minimum absolute atomic E-state index is 0.113. The molecule has 1 aliphatic rings. The van der Waals surface area contributed by atoms with Crippen molar-refractivity contribution in [3.05, 3.63) is 63.6 Å². The number of hydrogen-bond donors (Lipinski definition) is 1. The summed E-state index contributed by atoms with van der Waals surface area (Å²) in [6.45, 7) is 4.05. The highest BCUT2D eigenvalue weighted by atomic mass is 79.9. The van der Waals surface area contributed by atoms with Crippen molar-refractivity contribution in [3.8, 4) is 0 Å². The fourth-order valence-corrected chi connectivity index (χ4v) is 4.08. The Hall–Kier alpha value is -1.79. The average Bonchev–Trinajstić information content (AvgIpc) is 3.08. The van der Waals surface area contributed by atoms with E-state index in [-0.39, 0.29) is 11.8 Å². The van der Waals surface area contributed by atoms with Gasteiger partial charge in [0.1, 0.15) is 6.04 Å². The maximum atomic E-state index is 12.7. The molecule has 1 fully saturated rings. The standard InChI is InChI=1S/C19H19BrN2O2S/c1-12-3-8-16(9-13(12)2)21-18(23)17-10-25-11-22(17)19(24)14-4-6-15(20)7-5-14/h3-9,17H,10-11H2,1-2H3,(H,21,23). The smallest absolute Gasteiger partial charge is 0.255 e. The lowest BCUT2D eigenvalue weighted by molar-refractivity contribution is -0.119.